The first-order chi connectivity index (χ1) is 23.3. The van der Waals surface area contributed by atoms with Crippen LogP contribution in [0.5, 0.6) is 11.5 Å². The molecule has 3 N–H and O–H groups in total. The Morgan fingerprint density at radius 3 is 2.04 bits per heavy atom. The molecular formula is C34H37N4O9P. The maximum atomic E-state index is 12.9. The number of hydrogen-bond donors (Lipinski definition) is 2. The first-order valence-electron chi connectivity index (χ1n) is 15.0. The molecule has 0 saturated carbocycles. The Labute approximate surface area is 278 Å². The highest BCUT2D eigenvalue weighted by Gasteiger charge is 2.50. The summed E-state index contributed by atoms with van der Waals surface area (Å²) in [7, 11) is 2.67. The second-order valence-corrected chi connectivity index (χ2v) is 11.7. The maximum Gasteiger partial charge on any atom is 0.330 e. The minimum Gasteiger partial charge on any atom is -0.497 e. The van der Waals surface area contributed by atoms with Gasteiger partial charge in [0.15, 0.2) is 6.23 Å². The fraction of sp³-hybridized carbons (Fsp3) is 0.324. The van der Waals surface area contributed by atoms with Gasteiger partial charge in [0.25, 0.3) is 14.1 Å². The van der Waals surface area contributed by atoms with Crippen LogP contribution in [0.1, 0.15) is 29.3 Å². The van der Waals surface area contributed by atoms with Crippen LogP contribution in [-0.2, 0) is 28.9 Å². The average molecular weight is 677 g/mol. The Balaban J connectivity index is 1.59. The van der Waals surface area contributed by atoms with Gasteiger partial charge >= 0.3 is 5.69 Å². The normalized spacial score (nSPS) is 19.8. The molecule has 0 spiro atoms. The summed E-state index contributed by atoms with van der Waals surface area (Å²) in [6.07, 6.45) is -2.18. The number of methoxy groups -OCH3 is 3. The van der Waals surface area contributed by atoms with Gasteiger partial charge in [-0.1, -0.05) is 54.6 Å². The van der Waals surface area contributed by atoms with Gasteiger partial charge in [-0.15, -0.1) is 0 Å². The van der Waals surface area contributed by atoms with Crippen molar-refractivity contribution in [2.24, 2.45) is 5.50 Å². The largest absolute Gasteiger partial charge is 0.497 e. The average Bonchev–Trinajstić information content (AvgIpc) is 3.45. The van der Waals surface area contributed by atoms with Gasteiger partial charge in [0.05, 0.1) is 39.9 Å². The molecule has 48 heavy (non-hydrogen) atoms. The first kappa shape index (κ1) is 34.9. The molecule has 1 saturated heterocycles. The van der Waals surface area contributed by atoms with E-state index in [0.29, 0.717) is 11.5 Å². The van der Waals surface area contributed by atoms with Crippen LogP contribution in [0.4, 0.5) is 0 Å². The number of nitriles is 1. The third-order valence-electron chi connectivity index (χ3n) is 7.98. The van der Waals surface area contributed by atoms with E-state index in [1.54, 1.807) is 14.2 Å². The van der Waals surface area contributed by atoms with Crippen LogP contribution >= 0.6 is 8.53 Å². The minimum atomic E-state index is -1.98. The smallest absolute Gasteiger partial charge is 0.330 e. The summed E-state index contributed by atoms with van der Waals surface area (Å²) in [5.41, 5.74) is 6.23. The second kappa shape index (κ2) is 16.1. The lowest BCUT2D eigenvalue weighted by Gasteiger charge is -2.37. The van der Waals surface area contributed by atoms with Gasteiger partial charge in [-0.25, -0.2) is 4.79 Å². The van der Waals surface area contributed by atoms with Gasteiger partial charge < -0.3 is 32.7 Å². The van der Waals surface area contributed by atoms with Gasteiger partial charge in [0, 0.05) is 19.4 Å². The zero-order valence-electron chi connectivity index (χ0n) is 26.7. The molecule has 14 heteroatoms. The molecule has 5 rings (SSSR count). The highest BCUT2D eigenvalue weighted by Crippen LogP contribution is 2.45. The molecule has 1 aliphatic heterocycles. The topological polar surface area (TPSA) is 169 Å². The molecule has 13 nitrogen and oxygen atoms in total. The van der Waals surface area contributed by atoms with Crippen molar-refractivity contribution in [3.8, 4) is 17.6 Å². The van der Waals surface area contributed by atoms with E-state index < -0.39 is 49.9 Å². The van der Waals surface area contributed by atoms with Gasteiger partial charge in [0.2, 0.25) is 0 Å². The molecule has 0 bridgehead atoms. The summed E-state index contributed by atoms with van der Waals surface area (Å²) in [6, 6.07) is 28.1. The van der Waals surface area contributed by atoms with E-state index in [9.17, 15) is 9.59 Å². The molecule has 1 aromatic heterocycles. The number of nitrogens with zero attached hydrogens (tertiary/aromatic N) is 2. The van der Waals surface area contributed by atoms with E-state index in [0.717, 1.165) is 16.7 Å². The van der Waals surface area contributed by atoms with Crippen molar-refractivity contribution in [3.63, 3.8) is 0 Å². The van der Waals surface area contributed by atoms with Crippen LogP contribution in [0, 0.1) is 11.3 Å². The van der Waals surface area contributed by atoms with E-state index in [1.807, 2.05) is 84.9 Å². The van der Waals surface area contributed by atoms with Crippen LogP contribution in [0.2, 0.25) is 0 Å². The lowest BCUT2D eigenvalue weighted by atomic mass is 9.80. The van der Waals surface area contributed by atoms with Crippen LogP contribution in [0.15, 0.2) is 101 Å². The van der Waals surface area contributed by atoms with Gasteiger partial charge in [-0.3, -0.25) is 19.8 Å². The van der Waals surface area contributed by atoms with E-state index in [-0.39, 0.29) is 19.6 Å². The number of ether oxygens (including phenoxy) is 5. The van der Waals surface area contributed by atoms with Crippen molar-refractivity contribution in [3.05, 3.63) is 129 Å². The number of aromatic amines is 1. The zero-order valence-corrected chi connectivity index (χ0v) is 27.6. The molecule has 252 valence electrons. The molecule has 0 aliphatic carbocycles. The molecule has 1 aliphatic rings. The van der Waals surface area contributed by atoms with Crippen LogP contribution in [-0.4, -0.2) is 62.4 Å². The Morgan fingerprint density at radius 2 is 1.50 bits per heavy atom. The zero-order chi connectivity index (χ0) is 34.1. The molecule has 0 radical (unpaired) electrons. The summed E-state index contributed by atoms with van der Waals surface area (Å²) >= 11 is 0. The standard InChI is InChI=1S/C34H37N4O9P/c1-41-26-14-10-24(11-15-26)34(23-8-5-4-6-9-23,25-12-16-27(42-2)17-13-25)44-22-28-30(47-48(36)45-21-7-19-35)31(43-3)32(46-28)38-20-18-29(39)37-33(38)40/h4-6,8-18,20,28,30-32H,7,21-22,36H2,1-3H3,(H,37,39,40)/t28-,30-,31-,32-,48?/m1/s1. The Kier molecular flexibility index (Phi) is 11.8. The van der Waals surface area contributed by atoms with Crippen LogP contribution in [0.25, 0.3) is 0 Å². The lowest BCUT2D eigenvalue weighted by Crippen LogP contribution is -2.41. The Morgan fingerprint density at radius 1 is 0.896 bits per heavy atom. The summed E-state index contributed by atoms with van der Waals surface area (Å²) in [6.45, 7) is -0.00653. The van der Waals surface area contributed by atoms with E-state index >= 15 is 0 Å². The molecule has 1 unspecified atom stereocenters. The number of H-pyrrole nitrogens is 1. The van der Waals surface area contributed by atoms with Crippen molar-refractivity contribution in [1.29, 1.82) is 5.26 Å². The van der Waals surface area contributed by atoms with E-state index in [4.69, 9.17) is 43.5 Å². The summed E-state index contributed by atoms with van der Waals surface area (Å²) in [5, 5.41) is 8.95. The molecule has 2 heterocycles. The Hall–Kier alpha value is -4.38. The summed E-state index contributed by atoms with van der Waals surface area (Å²) < 4.78 is 43.2. The fourth-order valence-electron chi connectivity index (χ4n) is 5.68. The van der Waals surface area contributed by atoms with E-state index in [1.165, 1.54) is 23.9 Å². The van der Waals surface area contributed by atoms with Gasteiger partial charge in [0.1, 0.15) is 35.4 Å². The number of benzene rings is 3. The molecule has 5 atom stereocenters. The van der Waals surface area contributed by atoms with Crippen molar-refractivity contribution >= 4 is 8.53 Å². The van der Waals surface area contributed by atoms with E-state index in [2.05, 4.69) is 4.98 Å². The number of aromatic nitrogens is 2. The molecular weight excluding hydrogens is 639 g/mol. The number of rotatable bonds is 15. The molecule has 4 aromatic rings. The third-order valence-corrected chi connectivity index (χ3v) is 8.87. The molecule has 0 amide bonds. The van der Waals surface area contributed by atoms with Gasteiger partial charge in [-0.05, 0) is 41.0 Å². The second-order valence-electron chi connectivity index (χ2n) is 10.7. The molecule has 1 fully saturated rings. The first-order valence-corrected chi connectivity index (χ1v) is 16.3. The highest BCUT2D eigenvalue weighted by atomic mass is 31.2. The molecule has 3 aromatic carbocycles. The summed E-state index contributed by atoms with van der Waals surface area (Å²) in [5.74, 6) is 1.35. The van der Waals surface area contributed by atoms with Crippen LogP contribution in [0.3, 0.4) is 0 Å². The number of hydrogen-bond acceptors (Lipinski definition) is 11. The predicted molar refractivity (Wildman–Crippen MR) is 176 cm³/mol. The minimum absolute atomic E-state index is 0.0694. The lowest BCUT2D eigenvalue weighted by molar-refractivity contribution is -0.0954. The summed E-state index contributed by atoms with van der Waals surface area (Å²) in [4.78, 5) is 27.0. The quantitative estimate of drug-likeness (QED) is 0.106. The van der Waals surface area contributed by atoms with Crippen LogP contribution < -0.4 is 26.2 Å². The Bertz CT molecular complexity index is 1730. The highest BCUT2D eigenvalue weighted by molar-refractivity contribution is 7.44. The third kappa shape index (κ3) is 7.51. The number of nitrogens with two attached hydrogens (primary N) is 1. The van der Waals surface area contributed by atoms with Crippen molar-refractivity contribution in [1.82, 2.24) is 9.55 Å². The maximum absolute atomic E-state index is 12.9. The number of nitrogens with one attached hydrogen (secondary N) is 1. The van der Waals surface area contributed by atoms with Crippen molar-refractivity contribution in [2.75, 3.05) is 34.5 Å². The fourth-order valence-corrected chi connectivity index (χ4v) is 6.51. The van der Waals surface area contributed by atoms with Crippen molar-refractivity contribution in [2.45, 2.75) is 36.6 Å². The van der Waals surface area contributed by atoms with Gasteiger partial charge in [-0.2, -0.15) is 5.26 Å². The predicted octanol–water partition coefficient (Wildman–Crippen LogP) is 3.98. The van der Waals surface area contributed by atoms with Crippen molar-refractivity contribution < 1.29 is 32.7 Å². The monoisotopic (exact) mass is 676 g/mol. The SMILES string of the molecule is COc1ccc(C(OC[C@H]2O[C@@H](n3ccc(=O)[nH]c3=O)[C@H](OC)[C@@H]2OP(N)OCCC#N)(c2ccccc2)c2ccc(OC)cc2)cc1.